The highest BCUT2D eigenvalue weighted by atomic mass is 35.5. The maximum absolute atomic E-state index is 13.3. The molecule has 0 fully saturated rings. The van der Waals surface area contributed by atoms with Gasteiger partial charge in [0.05, 0.1) is 16.3 Å². The lowest BCUT2D eigenvalue weighted by Gasteiger charge is -2.12. The van der Waals surface area contributed by atoms with E-state index in [-0.39, 0.29) is 16.7 Å². The standard InChI is InChI=1S/C17H14ClFN4O2/c1-10-3-5-13(16(22-24)23-8-11(2)20-9-23)17(21-10)25-12-4-6-15(19)14(18)7-12/h3-9,24H,1-2H3/b22-16-. The van der Waals surface area contributed by atoms with Gasteiger partial charge in [0.2, 0.25) is 5.88 Å². The molecule has 3 rings (SSSR count). The number of hydrogen-bond donors (Lipinski definition) is 1. The lowest BCUT2D eigenvalue weighted by atomic mass is 10.2. The molecule has 0 saturated heterocycles. The molecule has 1 aromatic carbocycles. The van der Waals surface area contributed by atoms with Crippen LogP contribution in [0.3, 0.4) is 0 Å². The van der Waals surface area contributed by atoms with Gasteiger partial charge in [-0.2, -0.15) is 0 Å². The molecule has 0 aliphatic carbocycles. The molecule has 0 radical (unpaired) electrons. The molecular formula is C17H14ClFN4O2. The Hall–Kier alpha value is -2.93. The summed E-state index contributed by atoms with van der Waals surface area (Å²) < 4.78 is 20.6. The lowest BCUT2D eigenvalue weighted by Crippen LogP contribution is -2.14. The van der Waals surface area contributed by atoms with Crippen LogP contribution in [0.4, 0.5) is 4.39 Å². The van der Waals surface area contributed by atoms with Gasteiger partial charge >= 0.3 is 0 Å². The molecule has 0 atom stereocenters. The van der Waals surface area contributed by atoms with E-state index in [1.54, 1.807) is 29.8 Å². The number of pyridine rings is 1. The lowest BCUT2D eigenvalue weighted by molar-refractivity contribution is 0.317. The molecule has 0 bridgehead atoms. The molecule has 8 heteroatoms. The van der Waals surface area contributed by atoms with Crippen molar-refractivity contribution in [3.8, 4) is 11.6 Å². The summed E-state index contributed by atoms with van der Waals surface area (Å²) in [5.74, 6) is 0.154. The summed E-state index contributed by atoms with van der Waals surface area (Å²) in [5.41, 5.74) is 1.89. The van der Waals surface area contributed by atoms with Crippen LogP contribution in [-0.4, -0.2) is 25.6 Å². The zero-order valence-corrected chi connectivity index (χ0v) is 14.2. The van der Waals surface area contributed by atoms with E-state index < -0.39 is 5.82 Å². The van der Waals surface area contributed by atoms with Gasteiger partial charge in [-0.05, 0) is 38.1 Å². The van der Waals surface area contributed by atoms with E-state index in [0.29, 0.717) is 17.0 Å². The van der Waals surface area contributed by atoms with Crippen molar-refractivity contribution in [2.45, 2.75) is 13.8 Å². The number of hydrogen-bond acceptors (Lipinski definition) is 5. The molecule has 1 N–H and O–H groups in total. The van der Waals surface area contributed by atoms with Crippen LogP contribution in [0.5, 0.6) is 11.6 Å². The van der Waals surface area contributed by atoms with Gasteiger partial charge < -0.3 is 9.94 Å². The van der Waals surface area contributed by atoms with Crippen LogP contribution >= 0.6 is 11.6 Å². The third-order valence-corrected chi connectivity index (χ3v) is 3.69. The number of nitrogens with zero attached hydrogens (tertiary/aromatic N) is 4. The zero-order valence-electron chi connectivity index (χ0n) is 13.4. The van der Waals surface area contributed by atoms with Gasteiger partial charge in [0.25, 0.3) is 0 Å². The highest BCUT2D eigenvalue weighted by molar-refractivity contribution is 6.30. The highest BCUT2D eigenvalue weighted by Gasteiger charge is 2.17. The van der Waals surface area contributed by atoms with Crippen LogP contribution in [0.25, 0.3) is 0 Å². The van der Waals surface area contributed by atoms with Gasteiger partial charge in [-0.1, -0.05) is 16.8 Å². The fraction of sp³-hybridized carbons (Fsp3) is 0.118. The van der Waals surface area contributed by atoms with Crippen molar-refractivity contribution in [2.24, 2.45) is 5.16 Å². The third-order valence-electron chi connectivity index (χ3n) is 3.40. The Morgan fingerprint density at radius 2 is 2.04 bits per heavy atom. The van der Waals surface area contributed by atoms with Gasteiger partial charge in [0.1, 0.15) is 17.9 Å². The summed E-state index contributed by atoms with van der Waals surface area (Å²) in [6.45, 7) is 3.61. The van der Waals surface area contributed by atoms with Crippen LogP contribution in [0.15, 0.2) is 48.0 Å². The molecule has 2 aromatic heterocycles. The molecule has 0 amide bonds. The Labute approximate surface area is 148 Å². The second-order valence-electron chi connectivity index (χ2n) is 5.33. The molecule has 25 heavy (non-hydrogen) atoms. The number of aromatic nitrogens is 3. The van der Waals surface area contributed by atoms with E-state index in [1.807, 2.05) is 6.92 Å². The van der Waals surface area contributed by atoms with Crippen LogP contribution < -0.4 is 4.74 Å². The molecule has 0 unspecified atom stereocenters. The molecule has 0 saturated carbocycles. The quantitative estimate of drug-likeness (QED) is 0.329. The van der Waals surface area contributed by atoms with E-state index in [0.717, 1.165) is 5.69 Å². The first-order valence-electron chi connectivity index (χ1n) is 7.32. The number of halogens is 2. The van der Waals surface area contributed by atoms with Crippen molar-refractivity contribution in [1.82, 2.24) is 14.5 Å². The largest absolute Gasteiger partial charge is 0.438 e. The van der Waals surface area contributed by atoms with Gasteiger partial charge in [0.15, 0.2) is 5.84 Å². The fourth-order valence-electron chi connectivity index (χ4n) is 2.21. The van der Waals surface area contributed by atoms with E-state index >= 15 is 0 Å². The molecule has 0 aliphatic heterocycles. The number of oxime groups is 1. The predicted molar refractivity (Wildman–Crippen MR) is 91.1 cm³/mol. The Kier molecular flexibility index (Phi) is 4.67. The first kappa shape index (κ1) is 16.9. The number of ether oxygens (including phenoxy) is 1. The van der Waals surface area contributed by atoms with E-state index in [1.165, 1.54) is 24.5 Å². The van der Waals surface area contributed by atoms with Crippen molar-refractivity contribution >= 4 is 17.4 Å². The van der Waals surface area contributed by atoms with Gasteiger partial charge in [-0.15, -0.1) is 0 Å². The number of aryl methyl sites for hydroxylation is 2. The number of benzene rings is 1. The molecule has 3 aromatic rings. The second-order valence-corrected chi connectivity index (χ2v) is 5.74. The molecular weight excluding hydrogens is 347 g/mol. The SMILES string of the molecule is Cc1cn(/C(=N\O)c2ccc(C)nc2Oc2ccc(F)c(Cl)c2)cn1. The smallest absolute Gasteiger partial charge is 0.230 e. The van der Waals surface area contributed by atoms with Gasteiger partial charge in [-0.25, -0.2) is 14.4 Å². The van der Waals surface area contributed by atoms with Crippen molar-refractivity contribution in [2.75, 3.05) is 0 Å². The minimum absolute atomic E-state index is 0.0620. The van der Waals surface area contributed by atoms with Crippen molar-refractivity contribution < 1.29 is 14.3 Å². The fourth-order valence-corrected chi connectivity index (χ4v) is 2.39. The van der Waals surface area contributed by atoms with Crippen molar-refractivity contribution in [3.63, 3.8) is 0 Å². The van der Waals surface area contributed by atoms with Crippen molar-refractivity contribution in [1.29, 1.82) is 0 Å². The van der Waals surface area contributed by atoms with Crippen LogP contribution in [0.2, 0.25) is 5.02 Å². The molecule has 0 aliphatic rings. The molecule has 128 valence electrons. The molecule has 0 spiro atoms. The summed E-state index contributed by atoms with van der Waals surface area (Å²) >= 11 is 5.79. The van der Waals surface area contributed by atoms with Crippen LogP contribution in [-0.2, 0) is 0 Å². The topological polar surface area (TPSA) is 72.5 Å². The summed E-state index contributed by atoms with van der Waals surface area (Å²) in [4.78, 5) is 8.45. The Balaban J connectivity index is 2.04. The minimum atomic E-state index is -0.544. The van der Waals surface area contributed by atoms with Crippen LogP contribution in [0, 0.1) is 19.7 Å². The third kappa shape index (κ3) is 3.61. The Bertz CT molecular complexity index is 956. The van der Waals surface area contributed by atoms with E-state index in [9.17, 15) is 9.60 Å². The number of rotatable bonds is 3. The second kappa shape index (κ2) is 6.90. The average Bonchev–Trinajstić information content (AvgIpc) is 3.00. The van der Waals surface area contributed by atoms with Gasteiger partial charge in [-0.3, -0.25) is 4.57 Å². The maximum atomic E-state index is 13.3. The van der Waals surface area contributed by atoms with Crippen molar-refractivity contribution in [3.05, 3.63) is 70.6 Å². The molecule has 2 heterocycles. The van der Waals surface area contributed by atoms with Crippen LogP contribution in [0.1, 0.15) is 17.0 Å². The van der Waals surface area contributed by atoms with Gasteiger partial charge in [0, 0.05) is 18.0 Å². The zero-order chi connectivity index (χ0) is 18.0. The summed E-state index contributed by atoms with van der Waals surface area (Å²) in [7, 11) is 0. The maximum Gasteiger partial charge on any atom is 0.230 e. The molecule has 6 nitrogen and oxygen atoms in total. The first-order valence-corrected chi connectivity index (χ1v) is 7.69. The number of imidazole rings is 1. The van der Waals surface area contributed by atoms with E-state index in [4.69, 9.17) is 16.3 Å². The Morgan fingerprint density at radius 1 is 1.24 bits per heavy atom. The summed E-state index contributed by atoms with van der Waals surface area (Å²) in [6, 6.07) is 7.46. The van der Waals surface area contributed by atoms with E-state index in [2.05, 4.69) is 15.1 Å². The average molecular weight is 361 g/mol. The predicted octanol–water partition coefficient (Wildman–Crippen LogP) is 4.16. The first-order chi connectivity index (χ1) is 12.0. The highest BCUT2D eigenvalue weighted by Crippen LogP contribution is 2.28. The summed E-state index contributed by atoms with van der Waals surface area (Å²) in [5, 5.41) is 12.7. The summed E-state index contributed by atoms with van der Waals surface area (Å²) in [6.07, 6.45) is 3.22. The minimum Gasteiger partial charge on any atom is -0.438 e. The monoisotopic (exact) mass is 360 g/mol. The normalized spacial score (nSPS) is 11.6. The Morgan fingerprint density at radius 3 is 2.68 bits per heavy atom.